The molecule has 0 amide bonds. The third kappa shape index (κ3) is 4.98. The van der Waals surface area contributed by atoms with E-state index in [1.54, 1.807) is 24.3 Å². The van der Waals surface area contributed by atoms with Gasteiger partial charge in [0.25, 0.3) is 0 Å². The lowest BCUT2D eigenvalue weighted by molar-refractivity contribution is 0.107. The molecule has 1 unspecified atom stereocenters. The Kier molecular flexibility index (Phi) is 5.61. The van der Waals surface area contributed by atoms with Gasteiger partial charge in [-0.1, -0.05) is 24.6 Å². The van der Waals surface area contributed by atoms with E-state index in [4.69, 9.17) is 0 Å². The van der Waals surface area contributed by atoms with Crippen LogP contribution in [0.4, 0.5) is 5.69 Å². The number of hydrogen-bond donors (Lipinski definition) is 1. The minimum absolute atomic E-state index is 0.0653. The Morgan fingerprint density at radius 1 is 1.33 bits per heavy atom. The molecule has 1 heterocycles. The molecule has 0 aromatic heterocycles. The Morgan fingerprint density at radius 2 is 2.05 bits per heavy atom. The molecule has 1 radical (unpaired) electrons. The van der Waals surface area contributed by atoms with E-state index < -0.39 is 16.1 Å². The molecule has 2 rings (SSSR count). The van der Waals surface area contributed by atoms with Crippen LogP contribution in [0.1, 0.15) is 19.3 Å². The van der Waals surface area contributed by atoms with Gasteiger partial charge in [0, 0.05) is 12.6 Å². The Hall–Kier alpha value is -1.11. The standard InChI is InChI=1S/C15H23N2O3S/c1-21(19,20)17(14-8-4-2-5-9-14)13-15(18)12-16-10-6-3-7-11-16/h2,4-5,8,15,18H,3,6-7,10-13H2,1H3. The normalized spacial score (nSPS) is 18.4. The summed E-state index contributed by atoms with van der Waals surface area (Å²) in [6, 6.07) is 9.82. The number of nitrogens with zero attached hydrogens (tertiary/aromatic N) is 2. The van der Waals surface area contributed by atoms with E-state index in [-0.39, 0.29) is 6.54 Å². The Labute approximate surface area is 127 Å². The fraction of sp³-hybridized carbons (Fsp3) is 0.600. The van der Waals surface area contributed by atoms with E-state index in [2.05, 4.69) is 11.0 Å². The van der Waals surface area contributed by atoms with Crippen molar-refractivity contribution in [2.45, 2.75) is 25.4 Å². The number of β-amino-alcohol motifs (C(OH)–C–C–N with tert-alkyl or cyclic N) is 1. The molecular weight excluding hydrogens is 288 g/mol. The average Bonchev–Trinajstić information content (AvgIpc) is 2.45. The van der Waals surface area contributed by atoms with Crippen molar-refractivity contribution in [1.29, 1.82) is 0 Å². The van der Waals surface area contributed by atoms with Crippen LogP contribution in [0.25, 0.3) is 0 Å². The van der Waals surface area contributed by atoms with Crippen molar-refractivity contribution in [3.8, 4) is 0 Å². The van der Waals surface area contributed by atoms with Crippen molar-refractivity contribution < 1.29 is 13.5 Å². The molecule has 1 saturated heterocycles. The third-order valence-electron chi connectivity index (χ3n) is 3.66. The topological polar surface area (TPSA) is 60.9 Å². The average molecular weight is 311 g/mol. The van der Waals surface area contributed by atoms with Crippen molar-refractivity contribution in [2.75, 3.05) is 36.7 Å². The molecular formula is C15H23N2O3S. The molecule has 21 heavy (non-hydrogen) atoms. The molecule has 5 nitrogen and oxygen atoms in total. The molecule has 1 aliphatic heterocycles. The Morgan fingerprint density at radius 3 is 2.62 bits per heavy atom. The molecule has 117 valence electrons. The minimum Gasteiger partial charge on any atom is -0.390 e. The predicted molar refractivity (Wildman–Crippen MR) is 83.8 cm³/mol. The van der Waals surface area contributed by atoms with Gasteiger partial charge in [0.2, 0.25) is 10.0 Å². The van der Waals surface area contributed by atoms with Crippen molar-refractivity contribution in [2.24, 2.45) is 0 Å². The zero-order valence-corrected chi connectivity index (χ0v) is 13.2. The van der Waals surface area contributed by atoms with Gasteiger partial charge in [-0.3, -0.25) is 4.31 Å². The molecule has 1 aromatic carbocycles. The lowest BCUT2D eigenvalue weighted by Gasteiger charge is -2.31. The van der Waals surface area contributed by atoms with E-state index in [1.807, 2.05) is 0 Å². The summed E-state index contributed by atoms with van der Waals surface area (Å²) in [5.41, 5.74) is 0.470. The predicted octanol–water partition coefficient (Wildman–Crippen LogP) is 1.10. The first-order chi connectivity index (χ1) is 9.97. The SMILES string of the molecule is CS(=O)(=O)N(CC(O)CN1CCCCC1)c1[c]cccc1. The van der Waals surface area contributed by atoms with Crippen LogP contribution in [0.15, 0.2) is 24.3 Å². The number of likely N-dealkylation sites (tertiary alicyclic amines) is 1. The van der Waals surface area contributed by atoms with E-state index in [0.29, 0.717) is 12.2 Å². The number of anilines is 1. The first-order valence-corrected chi connectivity index (χ1v) is 9.16. The van der Waals surface area contributed by atoms with E-state index >= 15 is 0 Å². The molecule has 1 aliphatic rings. The summed E-state index contributed by atoms with van der Waals surface area (Å²) >= 11 is 0. The highest BCUT2D eigenvalue weighted by atomic mass is 32.2. The highest BCUT2D eigenvalue weighted by Crippen LogP contribution is 2.17. The molecule has 6 heteroatoms. The zero-order chi connectivity index (χ0) is 15.3. The second-order valence-electron chi connectivity index (χ2n) is 5.56. The third-order valence-corrected chi connectivity index (χ3v) is 4.80. The van der Waals surface area contributed by atoms with Crippen molar-refractivity contribution >= 4 is 15.7 Å². The van der Waals surface area contributed by atoms with Gasteiger partial charge in [0.1, 0.15) is 0 Å². The smallest absolute Gasteiger partial charge is 0.232 e. The van der Waals surface area contributed by atoms with Crippen LogP contribution in [-0.2, 0) is 10.0 Å². The maximum Gasteiger partial charge on any atom is 0.232 e. The molecule has 0 spiro atoms. The molecule has 0 saturated carbocycles. The summed E-state index contributed by atoms with van der Waals surface area (Å²) in [5.74, 6) is 0. The van der Waals surface area contributed by atoms with Crippen molar-refractivity contribution in [3.63, 3.8) is 0 Å². The van der Waals surface area contributed by atoms with Gasteiger partial charge < -0.3 is 10.0 Å². The van der Waals surface area contributed by atoms with Gasteiger partial charge in [0.05, 0.1) is 24.6 Å². The van der Waals surface area contributed by atoms with E-state index in [0.717, 1.165) is 32.2 Å². The number of aliphatic hydroxyl groups is 1. The van der Waals surface area contributed by atoms with Crippen LogP contribution in [0.2, 0.25) is 0 Å². The number of benzene rings is 1. The van der Waals surface area contributed by atoms with Crippen LogP contribution >= 0.6 is 0 Å². The van der Waals surface area contributed by atoms with E-state index in [1.165, 1.54) is 10.7 Å². The Bertz CT molecular complexity index is 527. The van der Waals surface area contributed by atoms with Crippen LogP contribution in [0, 0.1) is 6.07 Å². The van der Waals surface area contributed by atoms with Crippen molar-refractivity contribution in [1.82, 2.24) is 4.90 Å². The number of sulfonamides is 1. The number of rotatable bonds is 6. The fourth-order valence-corrected chi connectivity index (χ4v) is 3.55. The summed E-state index contributed by atoms with van der Waals surface area (Å²) < 4.78 is 25.1. The fourth-order valence-electron chi connectivity index (χ4n) is 2.64. The van der Waals surface area contributed by atoms with Gasteiger partial charge >= 0.3 is 0 Å². The van der Waals surface area contributed by atoms with Gasteiger partial charge in [-0.15, -0.1) is 0 Å². The van der Waals surface area contributed by atoms with Gasteiger partial charge in [0.15, 0.2) is 0 Å². The molecule has 1 atom stereocenters. The first kappa shape index (κ1) is 16.3. The lowest BCUT2D eigenvalue weighted by Crippen LogP contribution is -2.43. The lowest BCUT2D eigenvalue weighted by atomic mass is 10.1. The second kappa shape index (κ2) is 7.24. The monoisotopic (exact) mass is 311 g/mol. The molecule has 0 aliphatic carbocycles. The zero-order valence-electron chi connectivity index (χ0n) is 12.4. The van der Waals surface area contributed by atoms with Crippen LogP contribution in [0.3, 0.4) is 0 Å². The molecule has 0 bridgehead atoms. The van der Waals surface area contributed by atoms with Gasteiger partial charge in [-0.05, 0) is 32.0 Å². The van der Waals surface area contributed by atoms with Crippen LogP contribution in [0.5, 0.6) is 0 Å². The number of aliphatic hydroxyl groups excluding tert-OH is 1. The molecule has 1 fully saturated rings. The largest absolute Gasteiger partial charge is 0.390 e. The van der Waals surface area contributed by atoms with Crippen molar-refractivity contribution in [3.05, 3.63) is 30.3 Å². The van der Waals surface area contributed by atoms with Gasteiger partial charge in [-0.2, -0.15) is 0 Å². The summed E-state index contributed by atoms with van der Waals surface area (Å²) in [6.07, 6.45) is 3.98. The van der Waals surface area contributed by atoms with Crippen LogP contribution < -0.4 is 4.31 Å². The first-order valence-electron chi connectivity index (χ1n) is 7.31. The number of para-hydroxylation sites is 1. The highest BCUT2D eigenvalue weighted by Gasteiger charge is 2.23. The second-order valence-corrected chi connectivity index (χ2v) is 7.46. The molecule has 1 aromatic rings. The summed E-state index contributed by atoms with van der Waals surface area (Å²) in [7, 11) is -3.43. The quantitative estimate of drug-likeness (QED) is 0.854. The van der Waals surface area contributed by atoms with Crippen LogP contribution in [-0.4, -0.2) is 57.0 Å². The molecule has 1 N–H and O–H groups in total. The summed E-state index contributed by atoms with van der Waals surface area (Å²) in [4.78, 5) is 2.20. The number of hydrogen-bond acceptors (Lipinski definition) is 4. The minimum atomic E-state index is -3.43. The number of piperidine rings is 1. The maximum atomic E-state index is 11.9. The van der Waals surface area contributed by atoms with Gasteiger partial charge in [-0.25, -0.2) is 8.42 Å². The summed E-state index contributed by atoms with van der Waals surface area (Å²) in [6.45, 7) is 2.54. The Balaban J connectivity index is 2.02. The summed E-state index contributed by atoms with van der Waals surface area (Å²) in [5, 5.41) is 10.2. The highest BCUT2D eigenvalue weighted by molar-refractivity contribution is 7.92. The van der Waals surface area contributed by atoms with E-state index in [9.17, 15) is 13.5 Å². The maximum absolute atomic E-state index is 11.9.